The molecular formula is C34H43N3. The predicted octanol–water partition coefficient (Wildman–Crippen LogP) is 9.80. The van der Waals surface area contributed by atoms with Gasteiger partial charge in [-0.1, -0.05) is 69.2 Å². The Balaban J connectivity index is 1.61. The van der Waals surface area contributed by atoms with E-state index in [1.54, 1.807) is 0 Å². The molecule has 0 amide bonds. The second kappa shape index (κ2) is 12.3. The fraction of sp³-hybridized carbons (Fsp3) is 0.382. The molecule has 0 saturated carbocycles. The van der Waals surface area contributed by atoms with Crippen LogP contribution in [0.25, 0.3) is 11.1 Å². The third-order valence-corrected chi connectivity index (χ3v) is 7.89. The molecule has 4 rings (SSSR count). The van der Waals surface area contributed by atoms with Crippen LogP contribution < -0.4 is 10.6 Å². The minimum atomic E-state index is 0.302. The Morgan fingerprint density at radius 1 is 1.00 bits per heavy atom. The smallest absolute Gasteiger partial charge is 0.0525 e. The summed E-state index contributed by atoms with van der Waals surface area (Å²) in [5.74, 6) is 0.670. The van der Waals surface area contributed by atoms with Crippen LogP contribution in [0.1, 0.15) is 94.0 Å². The molecule has 0 spiro atoms. The standard InChI is InChI=1S/C34H43N3/c1-6-10-26(11-7-2)28-17-18-32(23(3)20-28)37-33-19-16-27-12-9-15-31(34(27)33)29-13-8-14-30(21-29)36-25(5)24(4)22-35/h8-9,12-15,17-18,20-22,26,33,35-37H,6-7,10-11,16,19H2,1-5H3/b25-24-,35-22?. The van der Waals surface area contributed by atoms with Gasteiger partial charge in [0.15, 0.2) is 0 Å². The molecule has 3 aromatic carbocycles. The van der Waals surface area contributed by atoms with Crippen LogP contribution in [0.2, 0.25) is 0 Å². The van der Waals surface area contributed by atoms with Gasteiger partial charge in [0.05, 0.1) is 6.04 Å². The summed E-state index contributed by atoms with van der Waals surface area (Å²) in [4.78, 5) is 0. The molecule has 1 atom stereocenters. The molecule has 0 saturated heterocycles. The Kier molecular flexibility index (Phi) is 8.87. The van der Waals surface area contributed by atoms with Crippen molar-refractivity contribution in [2.75, 3.05) is 10.6 Å². The number of allylic oxidation sites excluding steroid dienone is 2. The summed E-state index contributed by atoms with van der Waals surface area (Å²) in [6, 6.07) is 22.8. The van der Waals surface area contributed by atoms with E-state index in [0.717, 1.165) is 29.8 Å². The number of aryl methyl sites for hydroxylation is 2. The highest BCUT2D eigenvalue weighted by Gasteiger charge is 2.26. The van der Waals surface area contributed by atoms with E-state index in [0.29, 0.717) is 12.0 Å². The van der Waals surface area contributed by atoms with Gasteiger partial charge in [-0.25, -0.2) is 0 Å². The van der Waals surface area contributed by atoms with Crippen molar-refractivity contribution in [3.63, 3.8) is 0 Å². The van der Waals surface area contributed by atoms with Crippen LogP contribution in [-0.4, -0.2) is 6.21 Å². The first-order valence-electron chi connectivity index (χ1n) is 14.0. The first-order valence-corrected chi connectivity index (χ1v) is 14.0. The molecule has 0 heterocycles. The van der Waals surface area contributed by atoms with Crippen LogP contribution >= 0.6 is 0 Å². The highest BCUT2D eigenvalue weighted by Crippen LogP contribution is 2.41. The summed E-state index contributed by atoms with van der Waals surface area (Å²) in [6.07, 6.45) is 8.62. The van der Waals surface area contributed by atoms with Gasteiger partial charge in [0.2, 0.25) is 0 Å². The van der Waals surface area contributed by atoms with Crippen molar-refractivity contribution in [3.05, 3.63) is 94.2 Å². The van der Waals surface area contributed by atoms with E-state index in [1.807, 2.05) is 13.8 Å². The molecule has 0 aliphatic heterocycles. The fourth-order valence-electron chi connectivity index (χ4n) is 5.74. The van der Waals surface area contributed by atoms with E-state index < -0.39 is 0 Å². The molecule has 1 aliphatic carbocycles. The third kappa shape index (κ3) is 6.15. The van der Waals surface area contributed by atoms with Gasteiger partial charge in [-0.05, 0) is 110 Å². The molecule has 37 heavy (non-hydrogen) atoms. The van der Waals surface area contributed by atoms with Crippen molar-refractivity contribution in [2.24, 2.45) is 0 Å². The molecule has 0 radical (unpaired) electrons. The lowest BCUT2D eigenvalue weighted by Crippen LogP contribution is -2.10. The number of benzene rings is 3. The van der Waals surface area contributed by atoms with Crippen molar-refractivity contribution in [1.82, 2.24) is 0 Å². The molecule has 3 nitrogen and oxygen atoms in total. The van der Waals surface area contributed by atoms with Gasteiger partial charge in [-0.3, -0.25) is 0 Å². The molecule has 3 N–H and O–H groups in total. The number of hydrogen-bond acceptors (Lipinski definition) is 3. The summed E-state index contributed by atoms with van der Waals surface area (Å²) in [5, 5.41) is 14.9. The van der Waals surface area contributed by atoms with Gasteiger partial charge in [0.25, 0.3) is 0 Å². The summed E-state index contributed by atoms with van der Waals surface area (Å²) in [6.45, 7) is 10.8. The van der Waals surface area contributed by atoms with Crippen molar-refractivity contribution >= 4 is 17.6 Å². The molecule has 0 fully saturated rings. The van der Waals surface area contributed by atoms with Crippen LogP contribution in [0.15, 0.2) is 71.9 Å². The summed E-state index contributed by atoms with van der Waals surface area (Å²) >= 11 is 0. The maximum Gasteiger partial charge on any atom is 0.0525 e. The normalized spacial score (nSPS) is 15.4. The highest BCUT2D eigenvalue weighted by molar-refractivity contribution is 5.78. The predicted molar refractivity (Wildman–Crippen MR) is 161 cm³/mol. The van der Waals surface area contributed by atoms with Crippen molar-refractivity contribution in [3.8, 4) is 11.1 Å². The minimum absolute atomic E-state index is 0.302. The van der Waals surface area contributed by atoms with E-state index in [2.05, 4.69) is 92.1 Å². The monoisotopic (exact) mass is 493 g/mol. The minimum Gasteiger partial charge on any atom is -0.378 e. The number of rotatable bonds is 11. The van der Waals surface area contributed by atoms with Gasteiger partial charge in [0.1, 0.15) is 0 Å². The molecule has 0 bridgehead atoms. The summed E-state index contributed by atoms with van der Waals surface area (Å²) in [5.41, 5.74) is 12.5. The number of anilines is 2. The topological polar surface area (TPSA) is 47.9 Å². The average molecular weight is 494 g/mol. The lowest BCUT2D eigenvalue weighted by atomic mass is 9.89. The highest BCUT2D eigenvalue weighted by atomic mass is 14.9. The van der Waals surface area contributed by atoms with Gasteiger partial charge < -0.3 is 16.0 Å². The molecule has 1 aliphatic rings. The molecule has 3 heteroatoms. The molecule has 1 unspecified atom stereocenters. The average Bonchev–Trinajstić information content (AvgIpc) is 3.32. The summed E-state index contributed by atoms with van der Waals surface area (Å²) < 4.78 is 0. The zero-order valence-electron chi connectivity index (χ0n) is 23.2. The SMILES string of the molecule is CCCC(CCC)c1ccc(NC2CCc3cccc(-c4cccc(N/C(C)=C(/C)C=N)c4)c32)c(C)c1. The van der Waals surface area contributed by atoms with E-state index in [1.165, 1.54) is 71.0 Å². The van der Waals surface area contributed by atoms with E-state index in [4.69, 9.17) is 5.41 Å². The Labute approximate surface area is 223 Å². The van der Waals surface area contributed by atoms with Gasteiger partial charge in [-0.15, -0.1) is 0 Å². The maximum absolute atomic E-state index is 7.53. The Bertz CT molecular complexity index is 1260. The number of nitrogens with one attached hydrogen (secondary N) is 3. The van der Waals surface area contributed by atoms with E-state index >= 15 is 0 Å². The molecular weight excluding hydrogens is 450 g/mol. The second-order valence-corrected chi connectivity index (χ2v) is 10.6. The van der Waals surface area contributed by atoms with Crippen LogP contribution in [0.4, 0.5) is 11.4 Å². The Hall–Kier alpha value is -3.33. The van der Waals surface area contributed by atoms with Crippen molar-refractivity contribution < 1.29 is 0 Å². The fourth-order valence-corrected chi connectivity index (χ4v) is 5.74. The number of fused-ring (bicyclic) bond motifs is 1. The van der Waals surface area contributed by atoms with E-state index in [9.17, 15) is 0 Å². The largest absolute Gasteiger partial charge is 0.378 e. The first kappa shape index (κ1) is 26.7. The zero-order chi connectivity index (χ0) is 26.4. The first-order chi connectivity index (χ1) is 17.9. The Morgan fingerprint density at radius 2 is 1.76 bits per heavy atom. The second-order valence-electron chi connectivity index (χ2n) is 10.6. The number of hydrogen-bond donors (Lipinski definition) is 3. The molecule has 3 aromatic rings. The third-order valence-electron chi connectivity index (χ3n) is 7.89. The molecule has 194 valence electrons. The zero-order valence-corrected chi connectivity index (χ0v) is 23.2. The van der Waals surface area contributed by atoms with Crippen LogP contribution in [0.3, 0.4) is 0 Å². The Morgan fingerprint density at radius 3 is 2.46 bits per heavy atom. The van der Waals surface area contributed by atoms with Crippen LogP contribution in [0.5, 0.6) is 0 Å². The van der Waals surface area contributed by atoms with Gasteiger partial charge >= 0.3 is 0 Å². The van der Waals surface area contributed by atoms with E-state index in [-0.39, 0.29) is 0 Å². The lowest BCUT2D eigenvalue weighted by molar-refractivity contribution is 0.560. The lowest BCUT2D eigenvalue weighted by Gasteiger charge is -2.22. The van der Waals surface area contributed by atoms with Crippen molar-refractivity contribution in [2.45, 2.75) is 85.1 Å². The maximum atomic E-state index is 7.53. The van der Waals surface area contributed by atoms with Gasteiger partial charge in [-0.2, -0.15) is 0 Å². The van der Waals surface area contributed by atoms with Gasteiger partial charge in [0, 0.05) is 23.3 Å². The van der Waals surface area contributed by atoms with Crippen molar-refractivity contribution in [1.29, 1.82) is 5.41 Å². The quantitative estimate of drug-likeness (QED) is 0.233. The summed E-state index contributed by atoms with van der Waals surface area (Å²) in [7, 11) is 0. The van der Waals surface area contributed by atoms with Crippen LogP contribution in [0, 0.1) is 12.3 Å². The van der Waals surface area contributed by atoms with Crippen LogP contribution in [-0.2, 0) is 6.42 Å². The molecule has 0 aromatic heterocycles.